The quantitative estimate of drug-likeness (QED) is 0.151. The molecule has 7 heteroatoms. The molecule has 0 aromatic rings. The molecule has 0 aromatic carbocycles. The summed E-state index contributed by atoms with van der Waals surface area (Å²) in [5.74, 6) is 0. The van der Waals surface area contributed by atoms with Crippen molar-refractivity contribution in [3.8, 4) is 0 Å². The third kappa shape index (κ3) is 36.1. The van der Waals surface area contributed by atoms with Crippen LogP contribution in [0.25, 0.3) is 0 Å². The summed E-state index contributed by atoms with van der Waals surface area (Å²) in [5.41, 5.74) is 6.01. The first-order valence-electron chi connectivity index (χ1n) is 5.57. The molecule has 0 aliphatic rings. The standard InChI is InChI=1S/C9H22N2.4HI.Pb/c1-3-4-5-6-7-8-9-11-10-2;;;;;/h10-11H,3-9H2,1-2H3;4*1H;/q;;;;;+4/p-4. The summed E-state index contributed by atoms with van der Waals surface area (Å²) >= 11 is 10.2. The first kappa shape index (κ1) is 22.0. The van der Waals surface area contributed by atoms with E-state index < -0.39 is 4.00 Å². The third-order valence-corrected chi connectivity index (χ3v) is 1.83. The van der Waals surface area contributed by atoms with Crippen LogP contribution in [0.3, 0.4) is 0 Å². The van der Waals surface area contributed by atoms with Crippen molar-refractivity contribution >= 4 is 75.0 Å². The van der Waals surface area contributed by atoms with Crippen LogP contribution in [0, 0.1) is 0 Å². The van der Waals surface area contributed by atoms with Crippen LogP contribution < -0.4 is 10.9 Å². The Morgan fingerprint density at radius 2 is 1.31 bits per heavy atom. The van der Waals surface area contributed by atoms with Gasteiger partial charge in [-0.25, -0.2) is 0 Å². The first-order valence-corrected chi connectivity index (χ1v) is 49.3. The van der Waals surface area contributed by atoms with Crippen LogP contribution in [0.5, 0.6) is 0 Å². The summed E-state index contributed by atoms with van der Waals surface area (Å²) in [6.45, 7) is 3.35. The number of hydrazine groups is 1. The fourth-order valence-corrected chi connectivity index (χ4v) is 1.12. The van der Waals surface area contributed by atoms with E-state index in [1.807, 2.05) is 7.05 Å². The number of rotatable bonds is 8. The van der Waals surface area contributed by atoms with Crippen molar-refractivity contribution in [3.05, 3.63) is 0 Å². The molecule has 2 N–H and O–H groups in total. The number of unbranched alkanes of at least 4 members (excludes halogenated alkanes) is 5. The molecule has 2 nitrogen and oxygen atoms in total. The first-order chi connectivity index (χ1) is 7.41. The van der Waals surface area contributed by atoms with Crippen LogP contribution in [0.15, 0.2) is 0 Å². The van der Waals surface area contributed by atoms with Gasteiger partial charge in [0.05, 0.1) is 0 Å². The van der Waals surface area contributed by atoms with Crippen LogP contribution in [0.4, 0.5) is 0 Å². The fourth-order valence-electron chi connectivity index (χ4n) is 1.12. The van der Waals surface area contributed by atoms with Gasteiger partial charge in [-0.1, -0.05) is 39.0 Å². The predicted molar refractivity (Wildman–Crippen MR) is 112 cm³/mol. The van der Waals surface area contributed by atoms with Crippen molar-refractivity contribution in [2.24, 2.45) is 0 Å². The molecule has 0 saturated heterocycles. The average Bonchev–Trinajstić information content (AvgIpc) is 2.14. The number of hydrogen-bond acceptors (Lipinski definition) is 2. The Labute approximate surface area is 141 Å². The zero-order valence-corrected chi connectivity index (χ0v) is 22.5. The molecule has 0 aliphatic carbocycles. The van der Waals surface area contributed by atoms with E-state index in [2.05, 4.69) is 88.8 Å². The van der Waals surface area contributed by atoms with Crippen molar-refractivity contribution in [2.75, 3.05) is 13.6 Å². The molecular formula is C9H22I4N2Pb. The van der Waals surface area contributed by atoms with Gasteiger partial charge in [0.1, 0.15) is 0 Å². The van der Waals surface area contributed by atoms with Crippen LogP contribution in [-0.2, 0) is 0 Å². The molecule has 16 heavy (non-hydrogen) atoms. The maximum absolute atomic E-state index is 3.09. The van der Waals surface area contributed by atoms with Crippen molar-refractivity contribution in [2.45, 2.75) is 45.4 Å². The van der Waals surface area contributed by atoms with Crippen molar-refractivity contribution in [1.29, 1.82) is 0 Å². The molecule has 100 valence electrons. The zero-order chi connectivity index (χ0) is 12.9. The van der Waals surface area contributed by atoms with E-state index >= 15 is 0 Å². The Hall–Kier alpha value is 3.76. The zero-order valence-electron chi connectivity index (χ0n) is 9.96. The Balaban J connectivity index is 0. The second kappa shape index (κ2) is 16.8. The number of hydrogen-bond donors (Lipinski definition) is 2. The molecule has 0 rings (SSSR count). The van der Waals surface area contributed by atoms with Crippen molar-refractivity contribution < 1.29 is 0 Å². The van der Waals surface area contributed by atoms with Gasteiger partial charge in [0.25, 0.3) is 0 Å². The molecular weight excluding hydrogens is 851 g/mol. The Kier molecular flexibility index (Phi) is 23.2. The molecule has 0 saturated carbocycles. The molecule has 0 spiro atoms. The number of nitrogens with one attached hydrogen (secondary N) is 2. The summed E-state index contributed by atoms with van der Waals surface area (Å²) in [5, 5.41) is 0. The summed E-state index contributed by atoms with van der Waals surface area (Å²) < 4.78 is -1.40. The van der Waals surface area contributed by atoms with Crippen LogP contribution >= 0.6 is 71.0 Å². The van der Waals surface area contributed by atoms with E-state index in [4.69, 9.17) is 0 Å². The summed E-state index contributed by atoms with van der Waals surface area (Å²) in [6.07, 6.45) is 8.22. The number of halogens is 4. The van der Waals surface area contributed by atoms with E-state index in [1.165, 1.54) is 38.5 Å². The second-order valence-electron chi connectivity index (χ2n) is 3.37. The van der Waals surface area contributed by atoms with E-state index in [0.717, 1.165) is 6.54 Å². The molecule has 0 heterocycles. The third-order valence-electron chi connectivity index (χ3n) is 1.83. The minimum absolute atomic E-state index is 1.10. The predicted octanol–water partition coefficient (Wildman–Crippen LogP) is 5.23. The molecule has 0 aliphatic heterocycles. The summed E-state index contributed by atoms with van der Waals surface area (Å²) in [7, 11) is 1.91. The van der Waals surface area contributed by atoms with Gasteiger partial charge in [-0.3, -0.25) is 10.9 Å². The molecule has 0 fully saturated rings. The van der Waals surface area contributed by atoms with Gasteiger partial charge >= 0.3 is 75.0 Å². The SMILES string of the molecule is CCCCCCCCNNC.[I][Pb]([I])([I])[I]. The fraction of sp³-hybridized carbons (Fsp3) is 1.00. The molecule has 0 bridgehead atoms. The van der Waals surface area contributed by atoms with E-state index in [9.17, 15) is 0 Å². The van der Waals surface area contributed by atoms with Crippen molar-refractivity contribution in [3.63, 3.8) is 0 Å². The van der Waals surface area contributed by atoms with Gasteiger partial charge in [0.15, 0.2) is 0 Å². The van der Waals surface area contributed by atoms with E-state index in [-0.39, 0.29) is 0 Å². The van der Waals surface area contributed by atoms with Crippen molar-refractivity contribution in [1.82, 2.24) is 10.9 Å². The molecule has 0 radical (unpaired) electrons. The molecule has 0 amide bonds. The minimum atomic E-state index is -1.40. The molecule has 0 atom stereocenters. The van der Waals surface area contributed by atoms with Gasteiger partial charge in [-0.05, 0) is 13.5 Å². The Bertz CT molecular complexity index is 119. The van der Waals surface area contributed by atoms with Gasteiger partial charge in [0, 0.05) is 6.54 Å². The topological polar surface area (TPSA) is 24.1 Å². The summed E-state index contributed by atoms with van der Waals surface area (Å²) in [4.78, 5) is 0. The van der Waals surface area contributed by atoms with Gasteiger partial charge in [-0.2, -0.15) is 0 Å². The molecule has 0 unspecified atom stereocenters. The van der Waals surface area contributed by atoms with Crippen LogP contribution in [-0.4, -0.2) is 17.6 Å². The monoisotopic (exact) mass is 874 g/mol. The van der Waals surface area contributed by atoms with E-state index in [1.54, 1.807) is 0 Å². The van der Waals surface area contributed by atoms with Gasteiger partial charge < -0.3 is 0 Å². The van der Waals surface area contributed by atoms with Gasteiger partial charge in [0.2, 0.25) is 0 Å². The van der Waals surface area contributed by atoms with Crippen LogP contribution in [0.2, 0.25) is 0 Å². The van der Waals surface area contributed by atoms with E-state index in [0.29, 0.717) is 0 Å². The Morgan fingerprint density at radius 3 is 1.75 bits per heavy atom. The normalized spacial score (nSPS) is 10.9. The van der Waals surface area contributed by atoms with Crippen LogP contribution in [0.1, 0.15) is 45.4 Å². The average molecular weight is 873 g/mol. The summed E-state index contributed by atoms with van der Waals surface area (Å²) in [6, 6.07) is 0. The van der Waals surface area contributed by atoms with Gasteiger partial charge in [-0.15, -0.1) is 0 Å². The maximum atomic E-state index is 3.09. The Morgan fingerprint density at radius 1 is 0.875 bits per heavy atom. The second-order valence-corrected chi connectivity index (χ2v) is 172. The molecule has 0 aromatic heterocycles.